The Morgan fingerprint density at radius 3 is 2.12 bits per heavy atom. The molecule has 9 aliphatic carbocycles. The van der Waals surface area contributed by atoms with Crippen molar-refractivity contribution in [3.63, 3.8) is 0 Å². The van der Waals surface area contributed by atoms with E-state index >= 15 is 0 Å². The van der Waals surface area contributed by atoms with Crippen LogP contribution in [-0.4, -0.2) is 98.0 Å². The van der Waals surface area contributed by atoms with Crippen molar-refractivity contribution in [2.24, 2.45) is 80.8 Å². The lowest BCUT2D eigenvalue weighted by atomic mass is 9.56. The maximum atomic E-state index is 12.2. The molecule has 8 heteroatoms. The van der Waals surface area contributed by atoms with E-state index in [1.165, 1.54) is 101 Å². The molecule has 10 fully saturated rings. The highest BCUT2D eigenvalue weighted by Crippen LogP contribution is 2.83. The van der Waals surface area contributed by atoms with Gasteiger partial charge in [0.05, 0.1) is 43.2 Å². The van der Waals surface area contributed by atoms with Gasteiger partial charge in [-0.05, 0) is 210 Å². The average Bonchev–Trinajstić information content (AvgIpc) is 3.62. The third-order valence-electron chi connectivity index (χ3n) is 25.4. The number of nitrogens with zero attached hydrogens (tertiary/aromatic N) is 1. The zero-order valence-electron chi connectivity index (χ0n) is 47.4. The van der Waals surface area contributed by atoms with Crippen molar-refractivity contribution in [3.8, 4) is 0 Å². The highest BCUT2D eigenvalue weighted by Gasteiger charge is 2.77. The second-order valence-electron chi connectivity index (χ2n) is 29.2. The number of likely N-dealkylation sites (tertiary alicyclic amines) is 1. The van der Waals surface area contributed by atoms with E-state index in [-0.39, 0.29) is 16.6 Å². The molecule has 1 N–H and O–H groups in total. The second-order valence-corrected chi connectivity index (χ2v) is 29.2. The van der Waals surface area contributed by atoms with Crippen LogP contribution in [-0.2, 0) is 28.5 Å². The molecule has 73 heavy (non-hydrogen) atoms. The fraction of sp³-hybridized carbons (Fsp3) is 0.877. The number of piperidine rings is 2. The summed E-state index contributed by atoms with van der Waals surface area (Å²) >= 11 is 0. The van der Waals surface area contributed by atoms with Crippen molar-refractivity contribution in [2.75, 3.05) is 46.1 Å². The first kappa shape index (κ1) is 52.0. The van der Waals surface area contributed by atoms with Crippen LogP contribution in [0.25, 0.3) is 0 Å². The van der Waals surface area contributed by atoms with Gasteiger partial charge in [0, 0.05) is 56.5 Å². The van der Waals surface area contributed by atoms with Gasteiger partial charge in [-0.1, -0.05) is 84.1 Å². The highest BCUT2D eigenvalue weighted by atomic mass is 16.5. The predicted octanol–water partition coefficient (Wildman–Crippen LogP) is 12.8. The van der Waals surface area contributed by atoms with Gasteiger partial charge in [0.2, 0.25) is 0 Å². The molecular weight excluding hydrogens is 905 g/mol. The number of rotatable bonds is 9. The van der Waals surface area contributed by atoms with Crippen LogP contribution in [0, 0.1) is 80.8 Å². The SMILES string of the molecule is CCCCOCCOCCN1C[C@@H](C)C[C@H]2O[C@]3(CC[C@@H]4C(=C(C)C3)C[C@H]3[C@H]4CCC4=CC(=O)CC[C@@]43C)[C@H](C)[C@@H]21.C[C@@H]1CN[C@H]2[C@@H](C)[C@@]3(CC[C@H]4[C@@H]5CCC6=CC(=O)CC[C@]6(C)[C@H]5CC45CC5(C)C3)O[C@@H]2C1. The largest absolute Gasteiger partial charge is 0.379 e. The molecule has 2 unspecified atom stereocenters. The van der Waals surface area contributed by atoms with Crippen molar-refractivity contribution in [1.82, 2.24) is 10.2 Å². The molecule has 406 valence electrons. The van der Waals surface area contributed by atoms with Crippen molar-refractivity contribution < 1.29 is 28.5 Å². The Bertz CT molecular complexity index is 2240. The molecule has 0 amide bonds. The van der Waals surface area contributed by atoms with Gasteiger partial charge in [-0.3, -0.25) is 14.5 Å². The molecule has 0 radical (unpaired) electrons. The zero-order valence-corrected chi connectivity index (χ0v) is 47.4. The van der Waals surface area contributed by atoms with E-state index in [0.717, 1.165) is 119 Å². The third-order valence-corrected chi connectivity index (χ3v) is 25.4. The van der Waals surface area contributed by atoms with Crippen LogP contribution in [0.3, 0.4) is 0 Å². The van der Waals surface area contributed by atoms with Gasteiger partial charge in [0.1, 0.15) is 0 Å². The first-order valence-electron chi connectivity index (χ1n) is 31.1. The Morgan fingerprint density at radius 1 is 0.712 bits per heavy atom. The fourth-order valence-corrected chi connectivity index (χ4v) is 21.4. The van der Waals surface area contributed by atoms with Crippen LogP contribution >= 0.6 is 0 Å². The van der Waals surface area contributed by atoms with Crippen LogP contribution < -0.4 is 5.32 Å². The molecule has 0 aromatic carbocycles. The van der Waals surface area contributed by atoms with Gasteiger partial charge in [0.15, 0.2) is 11.6 Å². The topological polar surface area (TPSA) is 86.3 Å². The summed E-state index contributed by atoms with van der Waals surface area (Å²) in [7, 11) is 0. The van der Waals surface area contributed by atoms with Gasteiger partial charge < -0.3 is 24.3 Å². The van der Waals surface area contributed by atoms with E-state index in [9.17, 15) is 9.59 Å². The lowest BCUT2D eigenvalue weighted by Gasteiger charge is -2.48. The smallest absolute Gasteiger partial charge is 0.155 e. The molecule has 13 aliphatic rings. The summed E-state index contributed by atoms with van der Waals surface area (Å²) in [5.41, 5.74) is 8.04. The number of ether oxygens (including phenoxy) is 4. The molecule has 4 aliphatic heterocycles. The number of hydrogen-bond acceptors (Lipinski definition) is 8. The molecule has 4 heterocycles. The lowest BCUT2D eigenvalue weighted by molar-refractivity contribution is -0.117. The second kappa shape index (κ2) is 19.3. The Labute approximate surface area is 442 Å². The highest BCUT2D eigenvalue weighted by molar-refractivity contribution is 5.92. The first-order chi connectivity index (χ1) is 35.0. The van der Waals surface area contributed by atoms with Gasteiger partial charge in [-0.25, -0.2) is 0 Å². The molecule has 6 saturated carbocycles. The molecule has 20 atom stereocenters. The van der Waals surface area contributed by atoms with Crippen LogP contribution in [0.2, 0.25) is 0 Å². The number of hydrogen-bond donors (Lipinski definition) is 1. The number of ketones is 2. The fourth-order valence-electron chi connectivity index (χ4n) is 21.4. The molecular formula is C65H100N2O6. The van der Waals surface area contributed by atoms with Crippen LogP contribution in [0.5, 0.6) is 0 Å². The Hall–Kier alpha value is -1.68. The minimum atomic E-state index is -0.0244. The monoisotopic (exact) mass is 1000 g/mol. The zero-order chi connectivity index (χ0) is 50.9. The first-order valence-corrected chi connectivity index (χ1v) is 31.1. The van der Waals surface area contributed by atoms with Crippen LogP contribution in [0.1, 0.15) is 197 Å². The summed E-state index contributed by atoms with van der Waals surface area (Å²) in [6.07, 6.45) is 29.9. The lowest BCUT2D eigenvalue weighted by Crippen LogP contribution is -2.52. The quantitative estimate of drug-likeness (QED) is 0.181. The summed E-state index contributed by atoms with van der Waals surface area (Å²) in [6.45, 7) is 28.5. The Kier molecular flexibility index (Phi) is 13.8. The maximum absolute atomic E-state index is 12.2. The van der Waals surface area contributed by atoms with E-state index in [4.69, 9.17) is 18.9 Å². The Morgan fingerprint density at radius 2 is 1.38 bits per heavy atom. The molecule has 13 rings (SSSR count). The molecule has 8 nitrogen and oxygen atoms in total. The number of fused-ring (bicyclic) bond motifs is 11. The average molecular weight is 1010 g/mol. The van der Waals surface area contributed by atoms with Crippen molar-refractivity contribution in [2.45, 2.75) is 233 Å². The van der Waals surface area contributed by atoms with E-state index < -0.39 is 0 Å². The maximum Gasteiger partial charge on any atom is 0.155 e. The summed E-state index contributed by atoms with van der Waals surface area (Å²) in [6, 6.07) is 1.07. The third kappa shape index (κ3) is 8.52. The molecule has 3 spiro atoms. The molecule has 4 saturated heterocycles. The summed E-state index contributed by atoms with van der Waals surface area (Å²) in [4.78, 5) is 27.1. The summed E-state index contributed by atoms with van der Waals surface area (Å²) in [5, 5.41) is 3.89. The number of carbonyl (C=O) groups excluding carboxylic acids is 2. The predicted molar refractivity (Wildman–Crippen MR) is 290 cm³/mol. The Balaban J connectivity index is 0.000000153. The molecule has 0 aromatic rings. The summed E-state index contributed by atoms with van der Waals surface area (Å²) in [5.74, 6) is 8.10. The number of nitrogens with one attached hydrogen (secondary N) is 1. The van der Waals surface area contributed by atoms with E-state index in [2.05, 4.69) is 78.6 Å². The van der Waals surface area contributed by atoms with E-state index in [0.29, 0.717) is 83.1 Å². The number of unbranched alkanes of at least 4 members (excludes halogenated alkanes) is 1. The van der Waals surface area contributed by atoms with E-state index in [1.807, 2.05) is 6.08 Å². The van der Waals surface area contributed by atoms with Crippen molar-refractivity contribution in [3.05, 3.63) is 34.4 Å². The van der Waals surface area contributed by atoms with Gasteiger partial charge >= 0.3 is 0 Å². The minimum Gasteiger partial charge on any atom is -0.379 e. The normalized spacial score (nSPS) is 50.4. The standard InChI is InChI=1S/C36H57NO4.C29H43NO2/c1-6-7-15-39-17-18-40-16-14-37-23-24(2)19-33-34(37)26(4)36(41-33)13-11-29-30-9-8-27-20-28(38)10-12-35(27,5)32(30)21-31(29)25(3)22-36;1-17-11-24-25(30-14-17)18(2)29(32-24)10-8-22-21-6-5-19-12-20(31)7-9-27(19,4)23(21)13-28(22)15-26(28,3)16-29/h20,24,26,29-30,32-34H,6-19,21-23H2,1-5H3;12,17-18,21-25,30H,5-11,13-16H2,1-4H3/t24-,26+,29-,30-,32-,33+,34-,35-,36-;17-,18+,21-,22-,23-,24+,25-,26?,27-,28?,29-/m00/s1. The minimum absolute atomic E-state index is 0.0244. The van der Waals surface area contributed by atoms with Crippen molar-refractivity contribution >= 4 is 11.6 Å². The van der Waals surface area contributed by atoms with Gasteiger partial charge in [-0.15, -0.1) is 0 Å². The van der Waals surface area contributed by atoms with E-state index in [1.54, 1.807) is 11.1 Å². The summed E-state index contributed by atoms with van der Waals surface area (Å²) < 4.78 is 26.1. The van der Waals surface area contributed by atoms with Gasteiger partial charge in [0.25, 0.3) is 0 Å². The molecule has 0 bridgehead atoms. The van der Waals surface area contributed by atoms with Crippen molar-refractivity contribution in [1.29, 1.82) is 0 Å². The van der Waals surface area contributed by atoms with Crippen LogP contribution in [0.4, 0.5) is 0 Å². The molecule has 0 aromatic heterocycles. The number of carbonyl (C=O) groups is 2. The number of allylic oxidation sites excluding steroid dienone is 5. The van der Waals surface area contributed by atoms with Gasteiger partial charge in [-0.2, -0.15) is 0 Å². The van der Waals surface area contributed by atoms with Crippen LogP contribution in [0.15, 0.2) is 34.4 Å².